The highest BCUT2D eigenvalue weighted by atomic mass is 19.1. The monoisotopic (exact) mass is 281 g/mol. The van der Waals surface area contributed by atoms with Crippen molar-refractivity contribution in [1.29, 1.82) is 0 Å². The molecule has 1 aromatic carbocycles. The Balaban J connectivity index is 1.84. The van der Waals surface area contributed by atoms with E-state index in [0.29, 0.717) is 0 Å². The lowest BCUT2D eigenvalue weighted by molar-refractivity contribution is -0.146. The van der Waals surface area contributed by atoms with Gasteiger partial charge in [0.25, 0.3) is 0 Å². The molecule has 0 radical (unpaired) electrons. The van der Waals surface area contributed by atoms with Crippen molar-refractivity contribution in [2.45, 2.75) is 19.2 Å². The van der Waals surface area contributed by atoms with Crippen LogP contribution in [0.1, 0.15) is 12.0 Å². The summed E-state index contributed by atoms with van der Waals surface area (Å²) in [4.78, 5) is 23.8. The van der Waals surface area contributed by atoms with Crippen LogP contribution in [0.3, 0.4) is 0 Å². The van der Waals surface area contributed by atoms with E-state index < -0.39 is 24.2 Å². The lowest BCUT2D eigenvalue weighted by Crippen LogP contribution is -2.47. The van der Waals surface area contributed by atoms with Gasteiger partial charge in [-0.3, -0.25) is 4.79 Å². The first-order valence-electron chi connectivity index (χ1n) is 6.40. The third-order valence-electron chi connectivity index (χ3n) is 3.32. The molecule has 0 bridgehead atoms. The van der Waals surface area contributed by atoms with E-state index >= 15 is 0 Å². The van der Waals surface area contributed by atoms with Gasteiger partial charge in [0, 0.05) is 6.54 Å². The molecule has 1 saturated heterocycles. The number of aliphatic carboxylic acids is 1. The zero-order chi connectivity index (χ0) is 14.5. The molecular formula is C14H16FNO4. The maximum absolute atomic E-state index is 13.6. The molecule has 1 amide bonds. The molecule has 6 heteroatoms. The number of ether oxygens (including phenoxy) is 1. The van der Waals surface area contributed by atoms with Crippen molar-refractivity contribution >= 4 is 12.1 Å². The average Bonchev–Trinajstić information content (AvgIpc) is 2.45. The van der Waals surface area contributed by atoms with Crippen LogP contribution in [0.5, 0.6) is 0 Å². The van der Waals surface area contributed by atoms with Crippen LogP contribution < -0.4 is 0 Å². The Hall–Kier alpha value is -2.11. The maximum Gasteiger partial charge on any atom is 0.410 e. The first kappa shape index (κ1) is 14.3. The molecule has 2 rings (SSSR count). The summed E-state index contributed by atoms with van der Waals surface area (Å²) >= 11 is 0. The summed E-state index contributed by atoms with van der Waals surface area (Å²) in [6, 6.07) is 9.16. The van der Waals surface area contributed by atoms with E-state index in [0.717, 1.165) is 5.56 Å². The number of nitrogens with zero attached hydrogens (tertiary/aromatic N) is 1. The van der Waals surface area contributed by atoms with Crippen LogP contribution in [0.25, 0.3) is 0 Å². The van der Waals surface area contributed by atoms with Gasteiger partial charge in [0.15, 0.2) is 0 Å². The number of carboxylic acid groups (broad SMARTS) is 1. The van der Waals surface area contributed by atoms with Crippen molar-refractivity contribution in [3.63, 3.8) is 0 Å². The van der Waals surface area contributed by atoms with Crippen LogP contribution in [-0.4, -0.2) is 41.3 Å². The number of rotatable bonds is 3. The molecule has 0 aliphatic carbocycles. The summed E-state index contributed by atoms with van der Waals surface area (Å²) in [5.74, 6) is -2.19. The molecule has 0 unspecified atom stereocenters. The van der Waals surface area contributed by atoms with Crippen molar-refractivity contribution in [2.24, 2.45) is 5.92 Å². The topological polar surface area (TPSA) is 66.8 Å². The minimum absolute atomic E-state index is 0.108. The fourth-order valence-corrected chi connectivity index (χ4v) is 2.16. The van der Waals surface area contributed by atoms with Gasteiger partial charge in [-0.05, 0) is 12.0 Å². The highest BCUT2D eigenvalue weighted by Gasteiger charge is 2.36. The molecule has 1 heterocycles. The lowest BCUT2D eigenvalue weighted by Gasteiger charge is -2.31. The van der Waals surface area contributed by atoms with Crippen molar-refractivity contribution < 1.29 is 23.8 Å². The number of hydrogen-bond acceptors (Lipinski definition) is 3. The normalized spacial score (nSPS) is 22.4. The molecular weight excluding hydrogens is 265 g/mol. The van der Waals surface area contributed by atoms with Crippen LogP contribution in [0, 0.1) is 5.92 Å². The number of carbonyl (C=O) groups excluding carboxylic acids is 1. The predicted octanol–water partition coefficient (Wildman–Crippen LogP) is 2.07. The molecule has 2 atom stereocenters. The molecule has 1 N–H and O–H groups in total. The summed E-state index contributed by atoms with van der Waals surface area (Å²) in [7, 11) is 0. The molecule has 20 heavy (non-hydrogen) atoms. The Labute approximate surface area is 116 Å². The van der Waals surface area contributed by atoms with Crippen LogP contribution in [0.2, 0.25) is 0 Å². The average molecular weight is 281 g/mol. The number of amides is 1. The number of carbonyl (C=O) groups is 2. The van der Waals surface area contributed by atoms with E-state index in [4.69, 9.17) is 9.84 Å². The van der Waals surface area contributed by atoms with E-state index in [1.165, 1.54) is 4.90 Å². The van der Waals surface area contributed by atoms with Crippen LogP contribution in [-0.2, 0) is 16.1 Å². The van der Waals surface area contributed by atoms with E-state index in [2.05, 4.69) is 0 Å². The zero-order valence-corrected chi connectivity index (χ0v) is 10.9. The largest absolute Gasteiger partial charge is 0.481 e. The molecule has 5 nitrogen and oxygen atoms in total. The summed E-state index contributed by atoms with van der Waals surface area (Å²) in [5.41, 5.74) is 0.845. The van der Waals surface area contributed by atoms with Gasteiger partial charge in [0.1, 0.15) is 12.8 Å². The smallest absolute Gasteiger partial charge is 0.410 e. The van der Waals surface area contributed by atoms with E-state index in [1.807, 2.05) is 30.3 Å². The van der Waals surface area contributed by atoms with Crippen molar-refractivity contribution in [3.8, 4) is 0 Å². The summed E-state index contributed by atoms with van der Waals surface area (Å²) in [5, 5.41) is 8.81. The third-order valence-corrected chi connectivity index (χ3v) is 3.32. The van der Waals surface area contributed by atoms with Gasteiger partial charge >= 0.3 is 12.1 Å². The van der Waals surface area contributed by atoms with Gasteiger partial charge in [0.2, 0.25) is 0 Å². The molecule has 0 aromatic heterocycles. The maximum atomic E-state index is 13.6. The number of carboxylic acids is 1. The number of piperidine rings is 1. The minimum atomic E-state index is -1.55. The third kappa shape index (κ3) is 3.46. The Morgan fingerprint density at radius 1 is 1.35 bits per heavy atom. The van der Waals surface area contributed by atoms with Crippen LogP contribution in [0.15, 0.2) is 30.3 Å². The molecule has 1 aliphatic heterocycles. The number of halogens is 1. The molecule has 1 aromatic rings. The number of likely N-dealkylation sites (tertiary alicyclic amines) is 1. The second-order valence-corrected chi connectivity index (χ2v) is 4.74. The Kier molecular flexibility index (Phi) is 4.55. The molecule has 1 aliphatic rings. The standard InChI is InChI=1S/C14H16FNO4/c15-12-8-16(7-6-11(12)13(17)18)14(19)20-9-10-4-2-1-3-5-10/h1-5,11-12H,6-9H2,(H,17,18)/t11-,12-/m1/s1. The summed E-state index contributed by atoms with van der Waals surface area (Å²) in [6.07, 6.45) is -2.05. The Bertz CT molecular complexity index is 479. The van der Waals surface area contributed by atoms with E-state index in [-0.39, 0.29) is 26.1 Å². The van der Waals surface area contributed by atoms with Crippen LogP contribution in [0.4, 0.5) is 9.18 Å². The van der Waals surface area contributed by atoms with Crippen LogP contribution >= 0.6 is 0 Å². The van der Waals surface area contributed by atoms with Gasteiger partial charge in [-0.25, -0.2) is 9.18 Å². The van der Waals surface area contributed by atoms with Gasteiger partial charge < -0.3 is 14.7 Å². The number of alkyl halides is 1. The fraction of sp³-hybridized carbons (Fsp3) is 0.429. The molecule has 1 fully saturated rings. The predicted molar refractivity (Wildman–Crippen MR) is 68.8 cm³/mol. The van der Waals surface area contributed by atoms with E-state index in [1.54, 1.807) is 0 Å². The highest BCUT2D eigenvalue weighted by molar-refractivity contribution is 5.72. The minimum Gasteiger partial charge on any atom is -0.481 e. The highest BCUT2D eigenvalue weighted by Crippen LogP contribution is 2.21. The Morgan fingerprint density at radius 2 is 2.05 bits per heavy atom. The van der Waals surface area contributed by atoms with Crippen molar-refractivity contribution in [3.05, 3.63) is 35.9 Å². The molecule has 108 valence electrons. The zero-order valence-electron chi connectivity index (χ0n) is 10.9. The quantitative estimate of drug-likeness (QED) is 0.921. The van der Waals surface area contributed by atoms with Gasteiger partial charge in [-0.2, -0.15) is 0 Å². The summed E-state index contributed by atoms with van der Waals surface area (Å²) < 4.78 is 18.7. The van der Waals surface area contributed by atoms with Gasteiger partial charge in [-0.1, -0.05) is 30.3 Å². The molecule has 0 saturated carbocycles. The van der Waals surface area contributed by atoms with Gasteiger partial charge in [0.05, 0.1) is 12.5 Å². The van der Waals surface area contributed by atoms with Crippen molar-refractivity contribution in [1.82, 2.24) is 4.90 Å². The number of benzene rings is 1. The molecule has 0 spiro atoms. The Morgan fingerprint density at radius 3 is 2.65 bits per heavy atom. The lowest BCUT2D eigenvalue weighted by atomic mass is 9.95. The first-order chi connectivity index (χ1) is 9.58. The second-order valence-electron chi connectivity index (χ2n) is 4.74. The van der Waals surface area contributed by atoms with E-state index in [9.17, 15) is 14.0 Å². The number of hydrogen-bond donors (Lipinski definition) is 1. The summed E-state index contributed by atoms with van der Waals surface area (Å²) in [6.45, 7) is 0.0884. The second kappa shape index (κ2) is 6.36. The van der Waals surface area contributed by atoms with Crippen molar-refractivity contribution in [2.75, 3.05) is 13.1 Å². The fourth-order valence-electron chi connectivity index (χ4n) is 2.16. The van der Waals surface area contributed by atoms with Gasteiger partial charge in [-0.15, -0.1) is 0 Å². The SMILES string of the molecule is O=C(O)[C@@H]1CCN(C(=O)OCc2ccccc2)C[C@H]1F. The first-order valence-corrected chi connectivity index (χ1v) is 6.40.